The Bertz CT molecular complexity index is 595. The summed E-state index contributed by atoms with van der Waals surface area (Å²) in [4.78, 5) is 25.3. The van der Waals surface area contributed by atoms with Crippen LogP contribution in [0.4, 0.5) is 4.79 Å². The minimum atomic E-state index is -0.479. The average Bonchev–Trinajstić information content (AvgIpc) is 2.90. The minimum Gasteiger partial charge on any atom is -0.447 e. The van der Waals surface area contributed by atoms with Gasteiger partial charge in [0.25, 0.3) is 0 Å². The van der Waals surface area contributed by atoms with Gasteiger partial charge in [-0.15, -0.1) is 0 Å². The second-order valence-electron chi connectivity index (χ2n) is 6.21. The van der Waals surface area contributed by atoms with Crippen molar-refractivity contribution >= 4 is 11.9 Å². The highest BCUT2D eigenvalue weighted by molar-refractivity contribution is 5.92. The van der Waals surface area contributed by atoms with E-state index in [-0.39, 0.29) is 11.9 Å². The molecule has 3 heterocycles. The van der Waals surface area contributed by atoms with Gasteiger partial charge in [-0.2, -0.15) is 5.10 Å². The van der Waals surface area contributed by atoms with Gasteiger partial charge >= 0.3 is 6.09 Å². The van der Waals surface area contributed by atoms with Gasteiger partial charge in [0.1, 0.15) is 17.8 Å². The van der Waals surface area contributed by atoms with Gasteiger partial charge in [-0.1, -0.05) is 0 Å². The summed E-state index contributed by atoms with van der Waals surface area (Å²) in [5, 5.41) is 7.31. The van der Waals surface area contributed by atoms with Gasteiger partial charge in [-0.05, 0) is 19.9 Å². The predicted octanol–water partition coefficient (Wildman–Crippen LogP) is 0.788. The Labute approximate surface area is 123 Å². The van der Waals surface area contributed by atoms with Crippen molar-refractivity contribution in [3.8, 4) is 0 Å². The number of carbonyl (C=O) groups is 2. The maximum absolute atomic E-state index is 11.5. The van der Waals surface area contributed by atoms with Crippen LogP contribution in [0.15, 0.2) is 6.07 Å². The quantitative estimate of drug-likeness (QED) is 0.816. The van der Waals surface area contributed by atoms with Crippen LogP contribution >= 0.6 is 0 Å². The van der Waals surface area contributed by atoms with E-state index >= 15 is 0 Å². The largest absolute Gasteiger partial charge is 0.447 e. The van der Waals surface area contributed by atoms with Crippen molar-refractivity contribution in [3.05, 3.63) is 17.5 Å². The number of cyclic esters (lactones) is 1. The number of carbonyl (C=O) groups excluding carboxylic acids is 2. The zero-order valence-corrected chi connectivity index (χ0v) is 12.5. The van der Waals surface area contributed by atoms with E-state index in [1.165, 1.54) is 6.92 Å². The Hall–Kier alpha value is -1.89. The Morgan fingerprint density at radius 3 is 2.81 bits per heavy atom. The minimum absolute atomic E-state index is 0.0487. The number of ketones is 1. The molecule has 1 unspecified atom stereocenters. The fraction of sp³-hybridized carbons (Fsp3) is 0.643. The molecule has 3 rings (SSSR count). The lowest BCUT2D eigenvalue weighted by atomic mass is 10.0. The molecule has 1 aromatic heterocycles. The molecule has 0 saturated carbocycles. The maximum Gasteiger partial charge on any atom is 0.407 e. The lowest BCUT2D eigenvalue weighted by Crippen LogP contribution is -2.54. The molecule has 1 saturated heterocycles. The van der Waals surface area contributed by atoms with Crippen molar-refractivity contribution < 1.29 is 14.3 Å². The van der Waals surface area contributed by atoms with Crippen molar-refractivity contribution in [2.45, 2.75) is 45.4 Å². The molecule has 0 bridgehead atoms. The molecule has 0 aliphatic carbocycles. The van der Waals surface area contributed by atoms with Crippen LogP contribution in [0.5, 0.6) is 0 Å². The summed E-state index contributed by atoms with van der Waals surface area (Å²) < 4.78 is 6.94. The summed E-state index contributed by atoms with van der Waals surface area (Å²) >= 11 is 0. The molecule has 0 radical (unpaired) electrons. The second kappa shape index (κ2) is 4.84. The molecule has 1 N–H and O–H groups in total. The fourth-order valence-corrected chi connectivity index (χ4v) is 2.91. The monoisotopic (exact) mass is 292 g/mol. The number of fused-ring (bicyclic) bond motifs is 1. The Balaban J connectivity index is 1.99. The number of hydrogen-bond acceptors (Lipinski definition) is 5. The van der Waals surface area contributed by atoms with Crippen LogP contribution in [-0.2, 0) is 17.8 Å². The van der Waals surface area contributed by atoms with Crippen LogP contribution in [0.3, 0.4) is 0 Å². The predicted molar refractivity (Wildman–Crippen MR) is 75.0 cm³/mol. The summed E-state index contributed by atoms with van der Waals surface area (Å²) in [6, 6.07) is 2.16. The third-order valence-corrected chi connectivity index (χ3v) is 4.12. The van der Waals surface area contributed by atoms with E-state index in [0.29, 0.717) is 38.0 Å². The van der Waals surface area contributed by atoms with Crippen molar-refractivity contribution in [2.75, 3.05) is 13.2 Å². The van der Waals surface area contributed by atoms with E-state index in [1.54, 1.807) is 0 Å². The molecule has 1 spiro atoms. The number of Topliss-reactive ketones (excluding diaryl/α,β-unsaturated/α-hetero) is 1. The molecule has 7 nitrogen and oxygen atoms in total. The number of aromatic nitrogens is 2. The van der Waals surface area contributed by atoms with Crippen molar-refractivity contribution in [1.82, 2.24) is 20.0 Å². The van der Waals surface area contributed by atoms with Crippen LogP contribution in [0.1, 0.15) is 37.0 Å². The first-order chi connectivity index (χ1) is 9.88. The molecule has 7 heteroatoms. The topological polar surface area (TPSA) is 76.5 Å². The molecule has 1 amide bonds. The number of alkyl carbamates (subject to hydrolysis) is 1. The molecule has 1 fully saturated rings. The van der Waals surface area contributed by atoms with Gasteiger partial charge in [0.05, 0.1) is 12.2 Å². The normalized spacial score (nSPS) is 25.6. The van der Waals surface area contributed by atoms with E-state index in [9.17, 15) is 9.59 Å². The van der Waals surface area contributed by atoms with Crippen molar-refractivity contribution in [1.29, 1.82) is 0 Å². The first-order valence-corrected chi connectivity index (χ1v) is 7.15. The van der Waals surface area contributed by atoms with Crippen LogP contribution < -0.4 is 5.32 Å². The standard InChI is InChI=1S/C14H20N4O3/c1-9(2)17-5-11-4-12(10(3)19)16-18(11)7-14(6-17)8-21-13(20)15-14/h4,9H,5-8H2,1-3H3,(H,15,20). The first-order valence-electron chi connectivity index (χ1n) is 7.15. The summed E-state index contributed by atoms with van der Waals surface area (Å²) in [6.07, 6.45) is -0.388. The highest BCUT2D eigenvalue weighted by atomic mass is 16.6. The van der Waals surface area contributed by atoms with E-state index in [2.05, 4.69) is 29.2 Å². The number of hydrogen-bond donors (Lipinski definition) is 1. The highest BCUT2D eigenvalue weighted by Gasteiger charge is 2.44. The lowest BCUT2D eigenvalue weighted by Gasteiger charge is -2.32. The highest BCUT2D eigenvalue weighted by Crippen LogP contribution is 2.25. The number of amides is 1. The number of nitrogens with one attached hydrogen (secondary N) is 1. The summed E-state index contributed by atoms with van der Waals surface area (Å²) in [7, 11) is 0. The van der Waals surface area contributed by atoms with E-state index in [4.69, 9.17) is 4.74 Å². The molecule has 2 aliphatic heterocycles. The van der Waals surface area contributed by atoms with Crippen LogP contribution in [0.2, 0.25) is 0 Å². The van der Waals surface area contributed by atoms with E-state index in [1.807, 2.05) is 10.7 Å². The zero-order chi connectivity index (χ0) is 15.2. The molecular weight excluding hydrogens is 272 g/mol. The Morgan fingerprint density at radius 2 is 2.24 bits per heavy atom. The second-order valence-corrected chi connectivity index (χ2v) is 6.21. The van der Waals surface area contributed by atoms with Gasteiger partial charge in [0.2, 0.25) is 0 Å². The Kier molecular flexibility index (Phi) is 3.24. The number of rotatable bonds is 2. The SMILES string of the molecule is CC(=O)c1cc2n(n1)CC1(COC(=O)N1)CN(C(C)C)C2. The molecule has 21 heavy (non-hydrogen) atoms. The molecule has 1 atom stereocenters. The number of ether oxygens (including phenoxy) is 1. The smallest absolute Gasteiger partial charge is 0.407 e. The van der Waals surface area contributed by atoms with Crippen LogP contribution in [-0.4, -0.2) is 51.3 Å². The molecule has 114 valence electrons. The summed E-state index contributed by atoms with van der Waals surface area (Å²) in [6.45, 7) is 7.99. The van der Waals surface area contributed by atoms with Gasteiger partial charge < -0.3 is 10.1 Å². The fourth-order valence-electron chi connectivity index (χ4n) is 2.91. The average molecular weight is 292 g/mol. The van der Waals surface area contributed by atoms with E-state index < -0.39 is 5.54 Å². The summed E-state index contributed by atoms with van der Waals surface area (Å²) in [5.41, 5.74) is 0.982. The van der Waals surface area contributed by atoms with Gasteiger partial charge in [0.15, 0.2) is 5.78 Å². The van der Waals surface area contributed by atoms with Crippen molar-refractivity contribution in [3.63, 3.8) is 0 Å². The molecule has 1 aromatic rings. The third kappa shape index (κ3) is 2.53. The first kappa shape index (κ1) is 14.1. The maximum atomic E-state index is 11.5. The van der Waals surface area contributed by atoms with Crippen LogP contribution in [0.25, 0.3) is 0 Å². The lowest BCUT2D eigenvalue weighted by molar-refractivity contribution is 0.101. The van der Waals surface area contributed by atoms with Crippen molar-refractivity contribution in [2.24, 2.45) is 0 Å². The molecule has 0 aromatic carbocycles. The van der Waals surface area contributed by atoms with E-state index in [0.717, 1.165) is 5.69 Å². The summed E-state index contributed by atoms with van der Waals surface area (Å²) in [5.74, 6) is -0.0487. The van der Waals surface area contributed by atoms with Gasteiger partial charge in [-0.3, -0.25) is 14.4 Å². The zero-order valence-electron chi connectivity index (χ0n) is 12.5. The number of nitrogens with zero attached hydrogens (tertiary/aromatic N) is 3. The van der Waals surface area contributed by atoms with Crippen LogP contribution in [0, 0.1) is 0 Å². The third-order valence-electron chi connectivity index (χ3n) is 4.12. The molecular formula is C14H20N4O3. The molecule has 2 aliphatic rings. The Morgan fingerprint density at radius 1 is 1.48 bits per heavy atom. The van der Waals surface area contributed by atoms with Gasteiger partial charge in [-0.25, -0.2) is 4.79 Å². The van der Waals surface area contributed by atoms with Gasteiger partial charge in [0, 0.05) is 26.1 Å².